The molecule has 0 heterocycles. The van der Waals surface area contributed by atoms with Crippen LogP contribution in [0.3, 0.4) is 0 Å². The lowest BCUT2D eigenvalue weighted by Gasteiger charge is -2.13. The number of aldehydes is 2. The number of hydrogen-bond donors (Lipinski definition) is 0. The molecule has 0 aliphatic rings. The maximum Gasteiger partial charge on any atom is 0.417 e. The second-order valence-electron chi connectivity index (χ2n) is 3.74. The summed E-state index contributed by atoms with van der Waals surface area (Å²) in [7, 11) is 0. The second kappa shape index (κ2) is 4.25. The van der Waals surface area contributed by atoms with Gasteiger partial charge in [-0.05, 0) is 16.8 Å². The first-order chi connectivity index (χ1) is 8.47. The molecule has 0 fully saturated rings. The van der Waals surface area contributed by atoms with Crippen molar-refractivity contribution in [2.45, 2.75) is 6.18 Å². The molecular weight excluding hydrogens is 245 g/mol. The van der Waals surface area contributed by atoms with Crippen LogP contribution >= 0.6 is 0 Å². The maximum atomic E-state index is 12.9. The fraction of sp³-hybridized carbons (Fsp3) is 0.0769. The van der Waals surface area contributed by atoms with E-state index >= 15 is 0 Å². The van der Waals surface area contributed by atoms with Crippen LogP contribution < -0.4 is 0 Å². The van der Waals surface area contributed by atoms with E-state index in [0.717, 1.165) is 6.07 Å². The van der Waals surface area contributed by atoms with E-state index in [1.165, 1.54) is 24.3 Å². The molecule has 2 nitrogen and oxygen atoms in total. The molecule has 0 aliphatic carbocycles. The number of halogens is 3. The van der Waals surface area contributed by atoms with Crippen LogP contribution in [0, 0.1) is 0 Å². The van der Waals surface area contributed by atoms with Crippen molar-refractivity contribution in [1.29, 1.82) is 0 Å². The molecule has 0 N–H and O–H groups in total. The molecule has 2 aromatic rings. The Kier molecular flexibility index (Phi) is 2.90. The Bertz CT molecular complexity index is 630. The van der Waals surface area contributed by atoms with Gasteiger partial charge in [-0.25, -0.2) is 0 Å². The van der Waals surface area contributed by atoms with Gasteiger partial charge < -0.3 is 0 Å². The molecule has 18 heavy (non-hydrogen) atoms. The van der Waals surface area contributed by atoms with Gasteiger partial charge >= 0.3 is 6.18 Å². The van der Waals surface area contributed by atoms with Crippen molar-refractivity contribution in [1.82, 2.24) is 0 Å². The number of carbonyl (C=O) groups excluding carboxylic acids is 2. The number of hydrogen-bond acceptors (Lipinski definition) is 2. The molecule has 92 valence electrons. The molecule has 0 unspecified atom stereocenters. The Morgan fingerprint density at radius 1 is 0.944 bits per heavy atom. The highest BCUT2D eigenvalue weighted by Gasteiger charge is 2.35. The Labute approximate surface area is 100 Å². The summed E-state index contributed by atoms with van der Waals surface area (Å²) in [5, 5.41) is 0.190. The highest BCUT2D eigenvalue weighted by atomic mass is 19.4. The van der Waals surface area contributed by atoms with Gasteiger partial charge in [0, 0.05) is 11.1 Å². The summed E-state index contributed by atoms with van der Waals surface area (Å²) in [6, 6.07) is 6.34. The van der Waals surface area contributed by atoms with E-state index < -0.39 is 17.3 Å². The first kappa shape index (κ1) is 12.3. The number of benzene rings is 2. The van der Waals surface area contributed by atoms with Crippen molar-refractivity contribution in [2.75, 3.05) is 0 Å². The third kappa shape index (κ3) is 1.99. The summed E-state index contributed by atoms with van der Waals surface area (Å²) < 4.78 is 38.8. The van der Waals surface area contributed by atoms with Gasteiger partial charge in [0.15, 0.2) is 6.29 Å². The summed E-state index contributed by atoms with van der Waals surface area (Å²) in [5.41, 5.74) is -1.09. The number of alkyl halides is 3. The number of rotatable bonds is 2. The lowest BCUT2D eigenvalue weighted by atomic mass is 9.98. The van der Waals surface area contributed by atoms with Gasteiger partial charge in [0.05, 0.1) is 5.56 Å². The zero-order valence-electron chi connectivity index (χ0n) is 8.99. The van der Waals surface area contributed by atoms with E-state index in [-0.39, 0.29) is 22.6 Å². The van der Waals surface area contributed by atoms with Crippen LogP contribution in [0.2, 0.25) is 0 Å². The molecule has 0 amide bonds. The first-order valence-electron chi connectivity index (χ1n) is 5.01. The molecule has 2 aromatic carbocycles. The Hall–Kier alpha value is -2.17. The van der Waals surface area contributed by atoms with Crippen LogP contribution in [0.5, 0.6) is 0 Å². The molecule has 0 atom stereocenters. The zero-order chi connectivity index (χ0) is 13.3. The molecule has 0 radical (unpaired) electrons. The quantitative estimate of drug-likeness (QED) is 0.767. The van der Waals surface area contributed by atoms with E-state index in [9.17, 15) is 22.8 Å². The van der Waals surface area contributed by atoms with Crippen LogP contribution in [0.15, 0.2) is 30.3 Å². The van der Waals surface area contributed by atoms with E-state index in [2.05, 4.69) is 0 Å². The number of fused-ring (bicyclic) bond motifs is 1. The van der Waals surface area contributed by atoms with Gasteiger partial charge in [0.1, 0.15) is 6.29 Å². The minimum atomic E-state index is -4.61. The lowest BCUT2D eigenvalue weighted by Crippen LogP contribution is -2.09. The number of carbonyl (C=O) groups is 2. The average molecular weight is 252 g/mol. The van der Waals surface area contributed by atoms with E-state index in [1.807, 2.05) is 0 Å². The smallest absolute Gasteiger partial charge is 0.298 e. The van der Waals surface area contributed by atoms with Gasteiger partial charge in [-0.3, -0.25) is 9.59 Å². The summed E-state index contributed by atoms with van der Waals surface area (Å²) in [6.07, 6.45) is -3.88. The fourth-order valence-electron chi connectivity index (χ4n) is 1.85. The van der Waals surface area contributed by atoms with E-state index in [4.69, 9.17) is 0 Å². The van der Waals surface area contributed by atoms with E-state index in [0.29, 0.717) is 6.29 Å². The highest BCUT2D eigenvalue weighted by molar-refractivity contribution is 5.96. The van der Waals surface area contributed by atoms with Crippen molar-refractivity contribution in [3.8, 4) is 0 Å². The van der Waals surface area contributed by atoms with Crippen molar-refractivity contribution < 1.29 is 22.8 Å². The monoisotopic (exact) mass is 252 g/mol. The summed E-state index contributed by atoms with van der Waals surface area (Å²) in [4.78, 5) is 21.3. The van der Waals surface area contributed by atoms with Crippen molar-refractivity contribution in [2.24, 2.45) is 0 Å². The van der Waals surface area contributed by atoms with Gasteiger partial charge in [-0.15, -0.1) is 0 Å². The lowest BCUT2D eigenvalue weighted by molar-refractivity contribution is -0.136. The molecule has 5 heteroatoms. The molecule has 0 bridgehead atoms. The van der Waals surface area contributed by atoms with Crippen LogP contribution in [0.4, 0.5) is 13.2 Å². The van der Waals surface area contributed by atoms with Gasteiger partial charge in [-0.1, -0.05) is 24.3 Å². The predicted molar refractivity (Wildman–Crippen MR) is 59.7 cm³/mol. The predicted octanol–water partition coefficient (Wildman–Crippen LogP) is 3.48. The first-order valence-corrected chi connectivity index (χ1v) is 5.01. The normalized spacial score (nSPS) is 11.5. The standard InChI is InChI=1S/C13H7F3O2/c14-13(15,16)12-10(7-18)3-2-9-5-8(6-17)1-4-11(9)12/h1-7H. The van der Waals surface area contributed by atoms with Crippen LogP contribution in [-0.2, 0) is 6.18 Å². The molecule has 0 aromatic heterocycles. The molecule has 0 saturated heterocycles. The minimum absolute atomic E-state index is 0.0855. The topological polar surface area (TPSA) is 34.1 Å². The molecule has 0 saturated carbocycles. The Balaban J connectivity index is 2.86. The molecule has 2 rings (SSSR count). The molecular formula is C13H7F3O2. The van der Waals surface area contributed by atoms with Gasteiger partial charge in [-0.2, -0.15) is 13.2 Å². The average Bonchev–Trinajstić information content (AvgIpc) is 2.35. The van der Waals surface area contributed by atoms with Gasteiger partial charge in [0.2, 0.25) is 0 Å². The van der Waals surface area contributed by atoms with Crippen LogP contribution in [0.1, 0.15) is 26.3 Å². The minimum Gasteiger partial charge on any atom is -0.298 e. The zero-order valence-corrected chi connectivity index (χ0v) is 8.99. The van der Waals surface area contributed by atoms with E-state index in [1.54, 1.807) is 0 Å². The summed E-state index contributed by atoms with van der Waals surface area (Å²) >= 11 is 0. The molecule has 0 aliphatic heterocycles. The molecule has 0 spiro atoms. The van der Waals surface area contributed by atoms with Crippen molar-refractivity contribution in [3.05, 3.63) is 47.0 Å². The highest BCUT2D eigenvalue weighted by Crippen LogP contribution is 2.37. The third-order valence-electron chi connectivity index (χ3n) is 2.62. The van der Waals surface area contributed by atoms with Crippen LogP contribution in [-0.4, -0.2) is 12.6 Å². The Morgan fingerprint density at radius 3 is 2.22 bits per heavy atom. The van der Waals surface area contributed by atoms with Crippen molar-refractivity contribution >= 4 is 23.3 Å². The summed E-state index contributed by atoms with van der Waals surface area (Å²) in [5.74, 6) is 0. The maximum absolute atomic E-state index is 12.9. The van der Waals surface area contributed by atoms with Crippen molar-refractivity contribution in [3.63, 3.8) is 0 Å². The SMILES string of the molecule is O=Cc1ccc2c(C(F)(F)F)c(C=O)ccc2c1. The largest absolute Gasteiger partial charge is 0.417 e. The fourth-order valence-corrected chi connectivity index (χ4v) is 1.85. The van der Waals surface area contributed by atoms with Crippen LogP contribution in [0.25, 0.3) is 10.8 Å². The third-order valence-corrected chi connectivity index (χ3v) is 2.62. The Morgan fingerprint density at radius 2 is 1.67 bits per heavy atom. The summed E-state index contributed by atoms with van der Waals surface area (Å²) in [6.45, 7) is 0. The van der Waals surface area contributed by atoms with Gasteiger partial charge in [0.25, 0.3) is 0 Å². The second-order valence-corrected chi connectivity index (χ2v) is 3.74.